The molecule has 0 aromatic rings. The number of ketones is 1. The van der Waals surface area contributed by atoms with Gasteiger partial charge in [0.1, 0.15) is 5.78 Å². The second kappa shape index (κ2) is 11.9. The molecule has 25 heavy (non-hydrogen) atoms. The molecule has 0 radical (unpaired) electrons. The molecular weight excluding hydrogens is 336 g/mol. The van der Waals surface area contributed by atoms with Gasteiger partial charge in [0.2, 0.25) is 0 Å². The highest BCUT2D eigenvalue weighted by molar-refractivity contribution is 8.00. The smallest absolute Gasteiger partial charge is 0.303 e. The van der Waals surface area contributed by atoms with Crippen molar-refractivity contribution in [1.29, 1.82) is 0 Å². The van der Waals surface area contributed by atoms with Crippen LogP contribution in [-0.4, -0.2) is 38.6 Å². The van der Waals surface area contributed by atoms with Gasteiger partial charge in [-0.3, -0.25) is 9.59 Å². The van der Waals surface area contributed by atoms with Crippen molar-refractivity contribution < 1.29 is 19.8 Å². The summed E-state index contributed by atoms with van der Waals surface area (Å²) in [5.74, 6) is 0.502. The third kappa shape index (κ3) is 9.64. The Morgan fingerprint density at radius 2 is 1.92 bits per heavy atom. The van der Waals surface area contributed by atoms with E-state index in [1.165, 1.54) is 0 Å². The highest BCUT2D eigenvalue weighted by Gasteiger charge is 2.35. The topological polar surface area (TPSA) is 74.6 Å². The van der Waals surface area contributed by atoms with Crippen LogP contribution >= 0.6 is 11.8 Å². The summed E-state index contributed by atoms with van der Waals surface area (Å²) in [5, 5.41) is 19.5. The molecule has 1 aliphatic rings. The maximum absolute atomic E-state index is 12.2. The molecule has 1 aliphatic carbocycles. The summed E-state index contributed by atoms with van der Waals surface area (Å²) >= 11 is 1.78. The van der Waals surface area contributed by atoms with Crippen LogP contribution in [0.5, 0.6) is 0 Å². The molecule has 0 saturated heterocycles. The molecule has 1 saturated carbocycles. The molecule has 1 rings (SSSR count). The van der Waals surface area contributed by atoms with Gasteiger partial charge in [-0.1, -0.05) is 45.4 Å². The van der Waals surface area contributed by atoms with Crippen molar-refractivity contribution in [1.82, 2.24) is 0 Å². The first-order valence-electron chi connectivity index (χ1n) is 9.94. The van der Waals surface area contributed by atoms with E-state index in [1.54, 1.807) is 11.8 Å². The Morgan fingerprint density at radius 1 is 1.20 bits per heavy atom. The van der Waals surface area contributed by atoms with Crippen LogP contribution in [0.3, 0.4) is 0 Å². The van der Waals surface area contributed by atoms with E-state index in [4.69, 9.17) is 5.11 Å². The largest absolute Gasteiger partial charge is 0.481 e. The number of rotatable bonds is 14. The first kappa shape index (κ1) is 22.5. The number of carboxylic acid groups (broad SMARTS) is 1. The van der Waals surface area contributed by atoms with Gasteiger partial charge in [0, 0.05) is 29.8 Å². The predicted molar refractivity (Wildman–Crippen MR) is 104 cm³/mol. The number of carboxylic acids is 1. The normalized spacial score (nSPS) is 22.9. The minimum absolute atomic E-state index is 0.135. The Bertz CT molecular complexity index is 409. The highest BCUT2D eigenvalue weighted by atomic mass is 32.2. The van der Waals surface area contributed by atoms with Crippen molar-refractivity contribution in [3.63, 3.8) is 0 Å². The second-order valence-corrected chi connectivity index (χ2v) is 8.99. The van der Waals surface area contributed by atoms with E-state index in [0.717, 1.165) is 64.2 Å². The zero-order chi connectivity index (χ0) is 18.7. The molecule has 1 fully saturated rings. The van der Waals surface area contributed by atoms with Crippen molar-refractivity contribution in [2.24, 2.45) is 5.92 Å². The molecular formula is C20H36O4S. The molecule has 3 unspecified atom stereocenters. The molecule has 0 aliphatic heterocycles. The molecule has 0 heterocycles. The van der Waals surface area contributed by atoms with E-state index in [-0.39, 0.29) is 12.3 Å². The predicted octanol–water partition coefficient (Wildman–Crippen LogP) is 4.82. The van der Waals surface area contributed by atoms with Crippen LogP contribution < -0.4 is 0 Å². The minimum Gasteiger partial charge on any atom is -0.481 e. The number of carbonyl (C=O) groups excluding carboxylic acids is 1. The monoisotopic (exact) mass is 372 g/mol. The maximum Gasteiger partial charge on any atom is 0.303 e. The van der Waals surface area contributed by atoms with Gasteiger partial charge in [0.05, 0.1) is 5.60 Å². The van der Waals surface area contributed by atoms with Crippen LogP contribution in [0.4, 0.5) is 0 Å². The van der Waals surface area contributed by atoms with Gasteiger partial charge in [-0.2, -0.15) is 11.8 Å². The fraction of sp³-hybridized carbons (Fsp3) is 0.900. The average Bonchev–Trinajstić information content (AvgIpc) is 2.89. The molecule has 0 aromatic heterocycles. The molecule has 0 spiro atoms. The van der Waals surface area contributed by atoms with E-state index in [2.05, 4.69) is 6.92 Å². The third-order valence-corrected chi connectivity index (χ3v) is 6.90. The van der Waals surface area contributed by atoms with Gasteiger partial charge < -0.3 is 10.2 Å². The van der Waals surface area contributed by atoms with Gasteiger partial charge in [0.15, 0.2) is 0 Å². The fourth-order valence-corrected chi connectivity index (χ4v) is 5.06. The third-order valence-electron chi connectivity index (χ3n) is 5.12. The van der Waals surface area contributed by atoms with Gasteiger partial charge >= 0.3 is 5.97 Å². The molecule has 0 aromatic carbocycles. The van der Waals surface area contributed by atoms with Gasteiger partial charge in [-0.25, -0.2) is 0 Å². The zero-order valence-electron chi connectivity index (χ0n) is 16.0. The van der Waals surface area contributed by atoms with Crippen LogP contribution in [-0.2, 0) is 9.59 Å². The van der Waals surface area contributed by atoms with Gasteiger partial charge in [0.25, 0.3) is 0 Å². The average molecular weight is 373 g/mol. The standard InChI is InChI=1S/C20H36O4S/c1-3-4-9-14-20(2,24)15-25-18-13-12-17(21)16(18)10-7-5-6-8-11-19(22)23/h16,18,24H,3-15H2,1-2H3,(H,22,23). The molecule has 0 bridgehead atoms. The number of hydrogen-bond acceptors (Lipinski definition) is 4. The lowest BCUT2D eigenvalue weighted by atomic mass is 9.98. The number of aliphatic hydroxyl groups is 1. The van der Waals surface area contributed by atoms with Crippen molar-refractivity contribution in [2.45, 2.75) is 102 Å². The number of unbranched alkanes of at least 4 members (excludes halogenated alkanes) is 5. The Kier molecular flexibility index (Phi) is 10.7. The first-order valence-corrected chi connectivity index (χ1v) is 11.0. The Balaban J connectivity index is 2.28. The Labute approximate surface area is 157 Å². The highest BCUT2D eigenvalue weighted by Crippen LogP contribution is 2.37. The van der Waals surface area contributed by atoms with E-state index < -0.39 is 11.6 Å². The molecule has 4 nitrogen and oxygen atoms in total. The van der Waals surface area contributed by atoms with E-state index in [0.29, 0.717) is 23.2 Å². The second-order valence-electron chi connectivity index (χ2n) is 7.76. The van der Waals surface area contributed by atoms with Crippen molar-refractivity contribution in [3.8, 4) is 0 Å². The van der Waals surface area contributed by atoms with E-state index in [1.807, 2.05) is 6.92 Å². The van der Waals surface area contributed by atoms with E-state index >= 15 is 0 Å². The molecule has 2 N–H and O–H groups in total. The molecule has 5 heteroatoms. The lowest BCUT2D eigenvalue weighted by Crippen LogP contribution is -2.29. The van der Waals surface area contributed by atoms with Crippen LogP contribution in [0.2, 0.25) is 0 Å². The van der Waals surface area contributed by atoms with Crippen molar-refractivity contribution >= 4 is 23.5 Å². The SMILES string of the molecule is CCCCCC(C)(O)CSC1CCC(=O)C1CCCCCCC(=O)O. The van der Waals surface area contributed by atoms with Crippen molar-refractivity contribution in [3.05, 3.63) is 0 Å². The minimum atomic E-state index is -0.728. The summed E-state index contributed by atoms with van der Waals surface area (Å²) in [7, 11) is 0. The number of thioether (sulfide) groups is 1. The van der Waals surface area contributed by atoms with Crippen LogP contribution in [0.1, 0.15) is 90.9 Å². The molecule has 0 amide bonds. The van der Waals surface area contributed by atoms with Gasteiger partial charge in [-0.15, -0.1) is 0 Å². The summed E-state index contributed by atoms with van der Waals surface area (Å²) < 4.78 is 0. The quantitative estimate of drug-likeness (QED) is 0.427. The lowest BCUT2D eigenvalue weighted by Gasteiger charge is -2.26. The Hall–Kier alpha value is -0.550. The summed E-state index contributed by atoms with van der Waals surface area (Å²) in [4.78, 5) is 22.7. The Morgan fingerprint density at radius 3 is 2.60 bits per heavy atom. The molecule has 3 atom stereocenters. The summed E-state index contributed by atoms with van der Waals surface area (Å²) in [6.07, 6.45) is 10.7. The van der Waals surface area contributed by atoms with Crippen LogP contribution in [0, 0.1) is 5.92 Å². The van der Waals surface area contributed by atoms with Crippen LogP contribution in [0.25, 0.3) is 0 Å². The molecule has 146 valence electrons. The summed E-state index contributed by atoms with van der Waals surface area (Å²) in [6, 6.07) is 0. The zero-order valence-corrected chi connectivity index (χ0v) is 16.8. The number of carbonyl (C=O) groups is 2. The first-order chi connectivity index (χ1) is 11.9. The number of hydrogen-bond donors (Lipinski definition) is 2. The van der Waals surface area contributed by atoms with Gasteiger partial charge in [-0.05, 0) is 32.6 Å². The number of aliphatic carboxylic acids is 1. The lowest BCUT2D eigenvalue weighted by molar-refractivity contribution is -0.137. The van der Waals surface area contributed by atoms with Crippen LogP contribution in [0.15, 0.2) is 0 Å². The van der Waals surface area contributed by atoms with Crippen molar-refractivity contribution in [2.75, 3.05) is 5.75 Å². The van der Waals surface area contributed by atoms with E-state index in [9.17, 15) is 14.7 Å². The maximum atomic E-state index is 12.2. The summed E-state index contributed by atoms with van der Waals surface area (Å²) in [6.45, 7) is 4.09. The fourth-order valence-electron chi connectivity index (χ4n) is 3.53. The summed E-state index contributed by atoms with van der Waals surface area (Å²) in [5.41, 5.74) is -0.632. The number of Topliss-reactive ketones (excluding diaryl/α,β-unsaturated/α-hetero) is 1.